The summed E-state index contributed by atoms with van der Waals surface area (Å²) in [4.78, 5) is 64.3. The minimum atomic E-state index is -1.20. The lowest BCUT2D eigenvalue weighted by atomic mass is 10.2. The molecule has 0 radical (unpaired) electrons. The van der Waals surface area contributed by atoms with E-state index in [1.54, 1.807) is 62.3 Å². The number of methoxy groups -OCH3 is 1. The SMILES string of the molecule is C/C=C(/C(=O)OC)N(C(=O)CN(C(=O)OC(C)(C)C)C(=O)OC(C)(C)C)C(=O)OC(C)(C)C. The van der Waals surface area contributed by atoms with Gasteiger partial charge in [0.1, 0.15) is 29.0 Å². The van der Waals surface area contributed by atoms with Gasteiger partial charge in [0.25, 0.3) is 5.91 Å². The van der Waals surface area contributed by atoms with Gasteiger partial charge in [-0.25, -0.2) is 29.0 Å². The Balaban J connectivity index is 6.27. The fourth-order valence-corrected chi connectivity index (χ4v) is 2.13. The first-order valence-electron chi connectivity index (χ1n) is 10.3. The first-order chi connectivity index (χ1) is 14.7. The Labute approximate surface area is 194 Å². The van der Waals surface area contributed by atoms with E-state index in [9.17, 15) is 24.0 Å². The average Bonchev–Trinajstić information content (AvgIpc) is 2.58. The minimum Gasteiger partial charge on any atom is -0.464 e. The van der Waals surface area contributed by atoms with Crippen LogP contribution in [0.3, 0.4) is 0 Å². The Bertz CT molecular complexity index is 768. The number of esters is 1. The van der Waals surface area contributed by atoms with Crippen LogP contribution in [0.2, 0.25) is 0 Å². The molecule has 0 N–H and O–H groups in total. The Morgan fingerprint density at radius 3 is 1.36 bits per heavy atom. The molecule has 0 rings (SSSR count). The molecule has 0 saturated heterocycles. The molecule has 0 unspecified atom stereocenters. The number of imide groups is 2. The Hall–Kier alpha value is -3.11. The van der Waals surface area contributed by atoms with Gasteiger partial charge in [-0.05, 0) is 69.2 Å². The van der Waals surface area contributed by atoms with Crippen molar-refractivity contribution in [3.63, 3.8) is 0 Å². The zero-order valence-electron chi connectivity index (χ0n) is 21.4. The number of nitrogens with zero attached hydrogens (tertiary/aromatic N) is 2. The minimum absolute atomic E-state index is 0.402. The molecule has 0 aromatic rings. The van der Waals surface area contributed by atoms with Gasteiger partial charge in [0.05, 0.1) is 7.11 Å². The number of hydrogen-bond acceptors (Lipinski definition) is 9. The Morgan fingerprint density at radius 1 is 0.697 bits per heavy atom. The van der Waals surface area contributed by atoms with Crippen LogP contribution in [0, 0.1) is 0 Å². The molecule has 0 bridgehead atoms. The number of hydrogen-bond donors (Lipinski definition) is 0. The maximum absolute atomic E-state index is 13.2. The fourth-order valence-electron chi connectivity index (χ4n) is 2.13. The second-order valence-electron chi connectivity index (χ2n) is 9.92. The number of amides is 4. The summed E-state index contributed by atoms with van der Waals surface area (Å²) in [5, 5.41) is 0. The molecule has 33 heavy (non-hydrogen) atoms. The Morgan fingerprint density at radius 2 is 1.06 bits per heavy atom. The number of ether oxygens (including phenoxy) is 4. The average molecular weight is 473 g/mol. The summed E-state index contributed by atoms with van der Waals surface area (Å²) in [6.45, 7) is 14.5. The second-order valence-corrected chi connectivity index (χ2v) is 9.92. The van der Waals surface area contributed by atoms with E-state index in [2.05, 4.69) is 4.74 Å². The van der Waals surface area contributed by atoms with Crippen LogP contribution in [0.1, 0.15) is 69.2 Å². The van der Waals surface area contributed by atoms with E-state index in [1.165, 1.54) is 13.0 Å². The van der Waals surface area contributed by atoms with Crippen LogP contribution in [0.4, 0.5) is 14.4 Å². The van der Waals surface area contributed by atoms with Crippen molar-refractivity contribution in [3.05, 3.63) is 11.8 Å². The van der Waals surface area contributed by atoms with Crippen LogP contribution in [-0.2, 0) is 28.5 Å². The highest BCUT2D eigenvalue weighted by Crippen LogP contribution is 2.18. The maximum Gasteiger partial charge on any atom is 0.422 e. The predicted octanol–water partition coefficient (Wildman–Crippen LogP) is 4.00. The molecule has 0 aliphatic heterocycles. The summed E-state index contributed by atoms with van der Waals surface area (Å²) in [5.41, 5.74) is -3.46. The van der Waals surface area contributed by atoms with E-state index < -0.39 is 59.2 Å². The molecule has 0 atom stereocenters. The predicted molar refractivity (Wildman–Crippen MR) is 118 cm³/mol. The number of carbonyl (C=O) groups excluding carboxylic acids is 5. The lowest BCUT2D eigenvalue weighted by Crippen LogP contribution is -2.51. The molecule has 0 aliphatic carbocycles. The van der Waals surface area contributed by atoms with Crippen molar-refractivity contribution in [1.82, 2.24) is 9.80 Å². The molecular weight excluding hydrogens is 436 g/mol. The third-order valence-corrected chi connectivity index (χ3v) is 3.26. The highest BCUT2D eigenvalue weighted by molar-refractivity contribution is 6.05. The molecule has 11 heteroatoms. The second kappa shape index (κ2) is 11.2. The maximum atomic E-state index is 13.2. The highest BCUT2D eigenvalue weighted by atomic mass is 16.6. The molecule has 0 aromatic carbocycles. The van der Waals surface area contributed by atoms with Crippen molar-refractivity contribution >= 4 is 30.2 Å². The molecular formula is C22H36N2O9. The molecule has 0 fully saturated rings. The zero-order valence-corrected chi connectivity index (χ0v) is 21.4. The van der Waals surface area contributed by atoms with Gasteiger partial charge in [-0.1, -0.05) is 6.08 Å². The smallest absolute Gasteiger partial charge is 0.422 e. The summed E-state index contributed by atoms with van der Waals surface area (Å²) in [6.07, 6.45) is -2.37. The summed E-state index contributed by atoms with van der Waals surface area (Å²) in [6, 6.07) is 0. The van der Waals surface area contributed by atoms with Crippen molar-refractivity contribution in [1.29, 1.82) is 0 Å². The first-order valence-corrected chi connectivity index (χ1v) is 10.3. The lowest BCUT2D eigenvalue weighted by molar-refractivity contribution is -0.142. The van der Waals surface area contributed by atoms with Crippen LogP contribution in [0.15, 0.2) is 11.8 Å². The van der Waals surface area contributed by atoms with Crippen LogP contribution < -0.4 is 0 Å². The van der Waals surface area contributed by atoms with Crippen molar-refractivity contribution in [2.45, 2.75) is 86.0 Å². The van der Waals surface area contributed by atoms with E-state index in [4.69, 9.17) is 14.2 Å². The molecule has 0 aliphatic rings. The molecule has 0 aromatic heterocycles. The fraction of sp³-hybridized carbons (Fsp3) is 0.682. The van der Waals surface area contributed by atoms with E-state index in [-0.39, 0.29) is 0 Å². The summed E-state index contributed by atoms with van der Waals surface area (Å²) in [7, 11) is 1.07. The monoisotopic (exact) mass is 472 g/mol. The van der Waals surface area contributed by atoms with E-state index in [1.807, 2.05) is 0 Å². The van der Waals surface area contributed by atoms with Crippen molar-refractivity contribution in [2.24, 2.45) is 0 Å². The number of rotatable bonds is 4. The van der Waals surface area contributed by atoms with Gasteiger partial charge in [-0.3, -0.25) is 4.79 Å². The molecule has 0 saturated carbocycles. The van der Waals surface area contributed by atoms with Crippen LogP contribution in [0.5, 0.6) is 0 Å². The van der Waals surface area contributed by atoms with Gasteiger partial charge in [0.2, 0.25) is 0 Å². The van der Waals surface area contributed by atoms with E-state index >= 15 is 0 Å². The Kier molecular flexibility index (Phi) is 10.1. The zero-order chi connectivity index (χ0) is 26.4. The summed E-state index contributed by atoms with van der Waals surface area (Å²) < 4.78 is 20.3. The quantitative estimate of drug-likeness (QED) is 0.339. The lowest BCUT2D eigenvalue weighted by Gasteiger charge is -2.30. The topological polar surface area (TPSA) is 129 Å². The number of carbonyl (C=O) groups is 5. The third-order valence-electron chi connectivity index (χ3n) is 3.26. The van der Waals surface area contributed by atoms with E-state index in [0.717, 1.165) is 7.11 Å². The van der Waals surface area contributed by atoms with Gasteiger partial charge in [0, 0.05) is 0 Å². The molecule has 188 valence electrons. The summed E-state index contributed by atoms with van der Waals surface area (Å²) >= 11 is 0. The van der Waals surface area contributed by atoms with Crippen LogP contribution >= 0.6 is 0 Å². The van der Waals surface area contributed by atoms with Gasteiger partial charge in [0.15, 0.2) is 0 Å². The molecule has 0 spiro atoms. The normalized spacial score (nSPS) is 12.4. The van der Waals surface area contributed by atoms with Crippen molar-refractivity contribution in [2.75, 3.05) is 13.7 Å². The summed E-state index contributed by atoms with van der Waals surface area (Å²) in [5.74, 6) is -2.13. The standard InChI is InChI=1S/C22H36N2O9/c1-12-14(16(26)30-11)24(19(29)33-22(8,9)10)15(25)13-23(17(27)31-20(2,3)4)18(28)32-21(5,6)7/h12H,13H2,1-11H3/b14-12-. The van der Waals surface area contributed by atoms with Crippen molar-refractivity contribution < 1.29 is 42.9 Å². The highest BCUT2D eigenvalue weighted by Gasteiger charge is 2.39. The number of allylic oxidation sites excluding steroid dienone is 1. The van der Waals surface area contributed by atoms with Crippen LogP contribution in [-0.4, -0.2) is 70.4 Å². The van der Waals surface area contributed by atoms with Gasteiger partial charge in [-0.2, -0.15) is 0 Å². The molecule has 0 heterocycles. The largest absolute Gasteiger partial charge is 0.464 e. The first kappa shape index (κ1) is 29.9. The molecule has 11 nitrogen and oxygen atoms in total. The van der Waals surface area contributed by atoms with Gasteiger partial charge < -0.3 is 18.9 Å². The van der Waals surface area contributed by atoms with Gasteiger partial charge >= 0.3 is 24.2 Å². The van der Waals surface area contributed by atoms with Gasteiger partial charge in [-0.15, -0.1) is 0 Å². The third kappa shape index (κ3) is 10.8. The molecule has 4 amide bonds. The van der Waals surface area contributed by atoms with E-state index in [0.29, 0.717) is 9.80 Å². The van der Waals surface area contributed by atoms with Crippen molar-refractivity contribution in [3.8, 4) is 0 Å². The van der Waals surface area contributed by atoms with Crippen LogP contribution in [0.25, 0.3) is 0 Å².